The van der Waals surface area contributed by atoms with Crippen LogP contribution in [0.25, 0.3) is 0 Å². The Bertz CT molecular complexity index is 501. The number of ether oxygens (including phenoxy) is 1. The van der Waals surface area contributed by atoms with E-state index in [4.69, 9.17) is 10.5 Å². The molecule has 108 valence electrons. The minimum atomic E-state index is 0.0882. The molecule has 0 amide bonds. The molecule has 1 aromatic rings. The van der Waals surface area contributed by atoms with E-state index in [1.165, 1.54) is 6.21 Å². The van der Waals surface area contributed by atoms with Gasteiger partial charge in [-0.2, -0.15) is 5.10 Å². The Morgan fingerprint density at radius 1 is 1.50 bits per heavy atom. The lowest BCUT2D eigenvalue weighted by Gasteiger charge is -2.26. The summed E-state index contributed by atoms with van der Waals surface area (Å²) in [7, 11) is 0. The Hall–Kier alpha value is -1.70. The number of rotatable bonds is 4. The maximum Gasteiger partial charge on any atom is 0.184 e. The van der Waals surface area contributed by atoms with E-state index in [0.717, 1.165) is 38.4 Å². The minimum Gasteiger partial charge on any atom is -0.507 e. The number of thiocarbonyl (C=S) groups is 1. The van der Waals surface area contributed by atoms with Crippen LogP contribution in [0.2, 0.25) is 0 Å². The van der Waals surface area contributed by atoms with Crippen LogP contribution in [0.5, 0.6) is 5.75 Å². The number of morpholine rings is 1. The zero-order valence-electron chi connectivity index (χ0n) is 11.1. The first kappa shape index (κ1) is 14.7. The molecule has 0 atom stereocenters. The SMILES string of the molecule is NC(=S)NN=Cc1cc(CN2CCOCC2)ccc1O. The van der Waals surface area contributed by atoms with Crippen molar-refractivity contribution in [3.8, 4) is 5.75 Å². The summed E-state index contributed by atoms with van der Waals surface area (Å²) in [6, 6.07) is 5.47. The molecule has 7 heteroatoms. The van der Waals surface area contributed by atoms with Gasteiger partial charge in [0.25, 0.3) is 0 Å². The van der Waals surface area contributed by atoms with Gasteiger partial charge in [-0.3, -0.25) is 10.3 Å². The number of hydrogen-bond acceptors (Lipinski definition) is 5. The van der Waals surface area contributed by atoms with Crippen molar-refractivity contribution in [2.75, 3.05) is 26.3 Å². The molecule has 0 unspecified atom stereocenters. The molecule has 1 saturated heterocycles. The molecule has 20 heavy (non-hydrogen) atoms. The van der Waals surface area contributed by atoms with E-state index in [1.807, 2.05) is 12.1 Å². The van der Waals surface area contributed by atoms with Gasteiger partial charge in [0.1, 0.15) is 5.75 Å². The van der Waals surface area contributed by atoms with E-state index >= 15 is 0 Å². The molecule has 1 fully saturated rings. The molecule has 1 aliphatic heterocycles. The topological polar surface area (TPSA) is 83.1 Å². The van der Waals surface area contributed by atoms with Crippen molar-refractivity contribution in [3.05, 3.63) is 29.3 Å². The van der Waals surface area contributed by atoms with E-state index in [2.05, 4.69) is 27.6 Å². The highest BCUT2D eigenvalue weighted by Crippen LogP contribution is 2.18. The van der Waals surface area contributed by atoms with Crippen molar-refractivity contribution in [2.45, 2.75) is 6.54 Å². The van der Waals surface area contributed by atoms with Crippen molar-refractivity contribution in [1.29, 1.82) is 0 Å². The van der Waals surface area contributed by atoms with E-state index in [-0.39, 0.29) is 10.9 Å². The number of nitrogens with one attached hydrogen (secondary N) is 1. The molecule has 0 radical (unpaired) electrons. The van der Waals surface area contributed by atoms with Gasteiger partial charge in [0, 0.05) is 25.2 Å². The average molecular weight is 294 g/mol. The smallest absolute Gasteiger partial charge is 0.184 e. The Kier molecular flexibility index (Phi) is 5.28. The number of nitrogens with zero attached hydrogens (tertiary/aromatic N) is 2. The van der Waals surface area contributed by atoms with E-state index in [9.17, 15) is 5.11 Å². The van der Waals surface area contributed by atoms with Crippen molar-refractivity contribution >= 4 is 23.5 Å². The largest absolute Gasteiger partial charge is 0.507 e. The van der Waals surface area contributed by atoms with Gasteiger partial charge in [0.15, 0.2) is 5.11 Å². The molecular formula is C13H18N4O2S. The van der Waals surface area contributed by atoms with Gasteiger partial charge in [0.2, 0.25) is 0 Å². The molecule has 2 rings (SSSR count). The third-order valence-electron chi connectivity index (χ3n) is 2.98. The van der Waals surface area contributed by atoms with Crippen LogP contribution in [0, 0.1) is 0 Å². The first-order chi connectivity index (χ1) is 9.65. The molecule has 0 aliphatic carbocycles. The second-order valence-corrected chi connectivity index (χ2v) is 4.96. The molecule has 0 aromatic heterocycles. The Morgan fingerprint density at radius 2 is 2.25 bits per heavy atom. The highest BCUT2D eigenvalue weighted by molar-refractivity contribution is 7.80. The summed E-state index contributed by atoms with van der Waals surface area (Å²) in [5.74, 6) is 0.171. The molecule has 0 spiro atoms. The summed E-state index contributed by atoms with van der Waals surface area (Å²) in [6.45, 7) is 4.21. The summed E-state index contributed by atoms with van der Waals surface area (Å²) in [5, 5.41) is 13.7. The van der Waals surface area contributed by atoms with Crippen molar-refractivity contribution < 1.29 is 9.84 Å². The number of hydrogen-bond donors (Lipinski definition) is 3. The molecule has 0 saturated carbocycles. The van der Waals surface area contributed by atoms with Gasteiger partial charge in [0.05, 0.1) is 19.4 Å². The van der Waals surface area contributed by atoms with Crippen LogP contribution in [-0.2, 0) is 11.3 Å². The molecule has 6 nitrogen and oxygen atoms in total. The molecule has 4 N–H and O–H groups in total. The van der Waals surface area contributed by atoms with Gasteiger partial charge in [-0.05, 0) is 29.9 Å². The predicted octanol–water partition coefficient (Wildman–Crippen LogP) is 0.392. The zero-order valence-corrected chi connectivity index (χ0v) is 11.9. The Morgan fingerprint density at radius 3 is 2.95 bits per heavy atom. The Balaban J connectivity index is 2.03. The predicted molar refractivity (Wildman–Crippen MR) is 81.7 cm³/mol. The first-order valence-electron chi connectivity index (χ1n) is 6.35. The normalized spacial score (nSPS) is 16.4. The maximum atomic E-state index is 9.79. The molecule has 0 bridgehead atoms. The van der Waals surface area contributed by atoms with Crippen LogP contribution < -0.4 is 11.2 Å². The highest BCUT2D eigenvalue weighted by atomic mass is 32.1. The summed E-state index contributed by atoms with van der Waals surface area (Å²) in [4.78, 5) is 2.31. The molecule has 1 heterocycles. The van der Waals surface area contributed by atoms with Crippen LogP contribution in [0.15, 0.2) is 23.3 Å². The van der Waals surface area contributed by atoms with Crippen LogP contribution in [0.3, 0.4) is 0 Å². The molecular weight excluding hydrogens is 276 g/mol. The summed E-state index contributed by atoms with van der Waals surface area (Å²) in [5.41, 5.74) is 9.47. The lowest BCUT2D eigenvalue weighted by Crippen LogP contribution is -2.35. The van der Waals surface area contributed by atoms with E-state index in [0.29, 0.717) is 5.56 Å². The monoisotopic (exact) mass is 294 g/mol. The van der Waals surface area contributed by atoms with Crippen LogP contribution in [0.1, 0.15) is 11.1 Å². The number of phenolic OH excluding ortho intramolecular Hbond substituents is 1. The zero-order chi connectivity index (χ0) is 14.4. The van der Waals surface area contributed by atoms with Gasteiger partial charge >= 0.3 is 0 Å². The lowest BCUT2D eigenvalue weighted by molar-refractivity contribution is 0.0342. The molecule has 1 aliphatic rings. The second kappa shape index (κ2) is 7.18. The van der Waals surface area contributed by atoms with Crippen LogP contribution in [-0.4, -0.2) is 47.6 Å². The third kappa shape index (κ3) is 4.44. The second-order valence-electron chi connectivity index (χ2n) is 4.52. The quantitative estimate of drug-likeness (QED) is 0.423. The average Bonchev–Trinajstić information content (AvgIpc) is 2.43. The lowest BCUT2D eigenvalue weighted by atomic mass is 10.1. The number of hydrazone groups is 1. The summed E-state index contributed by atoms with van der Waals surface area (Å²) < 4.78 is 5.32. The van der Waals surface area contributed by atoms with Gasteiger partial charge in [-0.1, -0.05) is 6.07 Å². The number of nitrogens with two attached hydrogens (primary N) is 1. The number of benzene rings is 1. The van der Waals surface area contributed by atoms with E-state index < -0.39 is 0 Å². The van der Waals surface area contributed by atoms with Crippen LogP contribution in [0.4, 0.5) is 0 Å². The fraction of sp³-hybridized carbons (Fsp3) is 0.385. The minimum absolute atomic E-state index is 0.0882. The molecule has 1 aromatic carbocycles. The summed E-state index contributed by atoms with van der Waals surface area (Å²) in [6.07, 6.45) is 1.50. The fourth-order valence-corrected chi connectivity index (χ4v) is 2.04. The van der Waals surface area contributed by atoms with Crippen molar-refractivity contribution in [3.63, 3.8) is 0 Å². The third-order valence-corrected chi connectivity index (χ3v) is 3.07. The maximum absolute atomic E-state index is 9.79. The van der Waals surface area contributed by atoms with Crippen molar-refractivity contribution in [2.24, 2.45) is 10.8 Å². The number of phenols is 1. The summed E-state index contributed by atoms with van der Waals surface area (Å²) >= 11 is 4.65. The standard InChI is InChI=1S/C13H18N4O2S/c14-13(20)16-15-8-11-7-10(1-2-12(11)18)9-17-3-5-19-6-4-17/h1-2,7-8,18H,3-6,9H2,(H3,14,16,20). The number of aromatic hydroxyl groups is 1. The van der Waals surface area contributed by atoms with Gasteiger partial charge < -0.3 is 15.6 Å². The fourth-order valence-electron chi connectivity index (χ4n) is 1.99. The van der Waals surface area contributed by atoms with Crippen LogP contribution >= 0.6 is 12.2 Å². The highest BCUT2D eigenvalue weighted by Gasteiger charge is 2.11. The van der Waals surface area contributed by atoms with Gasteiger partial charge in [-0.25, -0.2) is 0 Å². The van der Waals surface area contributed by atoms with E-state index in [1.54, 1.807) is 6.07 Å². The van der Waals surface area contributed by atoms with Crippen molar-refractivity contribution in [1.82, 2.24) is 10.3 Å². The first-order valence-corrected chi connectivity index (χ1v) is 6.76. The Labute approximate surface area is 123 Å². The van der Waals surface area contributed by atoms with Gasteiger partial charge in [-0.15, -0.1) is 0 Å².